The van der Waals surface area contributed by atoms with E-state index in [1.807, 2.05) is 6.92 Å². The zero-order chi connectivity index (χ0) is 15.0. The summed E-state index contributed by atoms with van der Waals surface area (Å²) < 4.78 is 25.8. The van der Waals surface area contributed by atoms with Gasteiger partial charge in [0.1, 0.15) is 6.04 Å². The second kappa shape index (κ2) is 8.59. The Labute approximate surface area is 122 Å². The Morgan fingerprint density at radius 3 is 2.75 bits per heavy atom. The Morgan fingerprint density at radius 2 is 2.10 bits per heavy atom. The van der Waals surface area contributed by atoms with Crippen molar-refractivity contribution in [1.29, 1.82) is 0 Å². The fraction of sp³-hybridized carbons (Fsp3) is 0.923. The van der Waals surface area contributed by atoms with E-state index in [0.717, 1.165) is 25.7 Å². The van der Waals surface area contributed by atoms with Crippen LogP contribution in [0.5, 0.6) is 0 Å². The molecule has 1 fully saturated rings. The quantitative estimate of drug-likeness (QED) is 0.604. The third-order valence-electron chi connectivity index (χ3n) is 3.55. The summed E-state index contributed by atoms with van der Waals surface area (Å²) in [5, 5.41) is 2.82. The highest BCUT2D eigenvalue weighted by atomic mass is 32.2. The summed E-state index contributed by atoms with van der Waals surface area (Å²) in [5.41, 5.74) is 5.39. The first-order valence-electron chi connectivity index (χ1n) is 7.50. The van der Waals surface area contributed by atoms with Crippen LogP contribution in [0, 0.1) is 0 Å². The van der Waals surface area contributed by atoms with Crippen molar-refractivity contribution < 1.29 is 13.2 Å². The van der Waals surface area contributed by atoms with Gasteiger partial charge in [-0.2, -0.15) is 4.31 Å². The molecule has 0 radical (unpaired) electrons. The van der Waals surface area contributed by atoms with Crippen LogP contribution < -0.4 is 11.1 Å². The van der Waals surface area contributed by atoms with Gasteiger partial charge < -0.3 is 11.1 Å². The van der Waals surface area contributed by atoms with E-state index in [2.05, 4.69) is 5.32 Å². The van der Waals surface area contributed by atoms with Gasteiger partial charge in [-0.3, -0.25) is 4.79 Å². The summed E-state index contributed by atoms with van der Waals surface area (Å²) in [6.45, 7) is 3.60. The summed E-state index contributed by atoms with van der Waals surface area (Å²) >= 11 is 0. The lowest BCUT2D eigenvalue weighted by atomic mass is 10.2. The van der Waals surface area contributed by atoms with E-state index in [1.165, 1.54) is 4.31 Å². The molecule has 0 aromatic heterocycles. The van der Waals surface area contributed by atoms with E-state index < -0.39 is 16.1 Å². The van der Waals surface area contributed by atoms with Crippen LogP contribution in [0.15, 0.2) is 0 Å². The zero-order valence-corrected chi connectivity index (χ0v) is 13.1. The minimum absolute atomic E-state index is 0.139. The number of carbonyl (C=O) groups is 1. The van der Waals surface area contributed by atoms with Crippen molar-refractivity contribution in [3.63, 3.8) is 0 Å². The molecular formula is C13H27N3O3S. The predicted octanol–water partition coefficient (Wildman–Crippen LogP) is 0.436. The molecule has 0 aromatic carbocycles. The molecule has 1 aliphatic heterocycles. The minimum Gasteiger partial charge on any atom is -0.355 e. The summed E-state index contributed by atoms with van der Waals surface area (Å²) in [4.78, 5) is 12.1. The van der Waals surface area contributed by atoms with Gasteiger partial charge in [-0.1, -0.05) is 13.3 Å². The molecule has 1 unspecified atom stereocenters. The molecule has 0 aliphatic carbocycles. The predicted molar refractivity (Wildman–Crippen MR) is 79.7 cm³/mol. The van der Waals surface area contributed by atoms with E-state index in [4.69, 9.17) is 5.73 Å². The summed E-state index contributed by atoms with van der Waals surface area (Å²) in [5.74, 6) is -0.0277. The van der Waals surface area contributed by atoms with Crippen LogP contribution >= 0.6 is 0 Å². The van der Waals surface area contributed by atoms with Gasteiger partial charge in [0.15, 0.2) is 0 Å². The number of unbranched alkanes of at least 4 members (excludes halogenated alkanes) is 2. The number of rotatable bonds is 9. The van der Waals surface area contributed by atoms with E-state index in [-0.39, 0.29) is 11.7 Å². The van der Waals surface area contributed by atoms with Crippen molar-refractivity contribution in [2.75, 3.05) is 25.4 Å². The molecule has 3 N–H and O–H groups in total. The Kier molecular flexibility index (Phi) is 7.47. The molecular weight excluding hydrogens is 278 g/mol. The van der Waals surface area contributed by atoms with E-state index in [9.17, 15) is 13.2 Å². The van der Waals surface area contributed by atoms with Crippen molar-refractivity contribution in [3.05, 3.63) is 0 Å². The van der Waals surface area contributed by atoms with Gasteiger partial charge in [0.25, 0.3) is 0 Å². The lowest BCUT2D eigenvalue weighted by Gasteiger charge is -2.23. The van der Waals surface area contributed by atoms with Gasteiger partial charge in [0.2, 0.25) is 15.9 Å². The highest BCUT2D eigenvalue weighted by molar-refractivity contribution is 7.89. The molecule has 0 aromatic rings. The molecule has 118 valence electrons. The van der Waals surface area contributed by atoms with Gasteiger partial charge in [-0.05, 0) is 38.6 Å². The van der Waals surface area contributed by atoms with E-state index in [0.29, 0.717) is 32.5 Å². The number of hydrogen-bond acceptors (Lipinski definition) is 4. The average Bonchev–Trinajstić information content (AvgIpc) is 2.91. The van der Waals surface area contributed by atoms with Crippen molar-refractivity contribution in [3.8, 4) is 0 Å². The van der Waals surface area contributed by atoms with Crippen LogP contribution in [0.3, 0.4) is 0 Å². The minimum atomic E-state index is -3.30. The molecule has 1 saturated heterocycles. The summed E-state index contributed by atoms with van der Waals surface area (Å²) in [6.07, 6.45) is 4.55. The van der Waals surface area contributed by atoms with Crippen molar-refractivity contribution in [1.82, 2.24) is 9.62 Å². The molecule has 6 nitrogen and oxygen atoms in total. The second-order valence-electron chi connectivity index (χ2n) is 5.23. The first-order valence-corrected chi connectivity index (χ1v) is 9.11. The zero-order valence-electron chi connectivity index (χ0n) is 12.3. The Hall–Kier alpha value is -0.660. The lowest BCUT2D eigenvalue weighted by Crippen LogP contribution is -2.46. The second-order valence-corrected chi connectivity index (χ2v) is 7.27. The van der Waals surface area contributed by atoms with Gasteiger partial charge in [-0.25, -0.2) is 8.42 Å². The molecule has 0 saturated carbocycles. The van der Waals surface area contributed by atoms with Gasteiger partial charge in [-0.15, -0.1) is 0 Å². The van der Waals surface area contributed by atoms with Crippen LogP contribution in [0.1, 0.15) is 45.4 Å². The highest BCUT2D eigenvalue weighted by Gasteiger charge is 2.37. The maximum absolute atomic E-state index is 12.2. The molecule has 1 heterocycles. The van der Waals surface area contributed by atoms with Crippen LogP contribution in [0.2, 0.25) is 0 Å². The molecule has 0 spiro atoms. The Bertz CT molecular complexity index is 398. The summed E-state index contributed by atoms with van der Waals surface area (Å²) in [7, 11) is -3.30. The first kappa shape index (κ1) is 17.4. The third kappa shape index (κ3) is 5.03. The Balaban J connectivity index is 2.53. The standard InChI is InChI=1S/C13H27N3O3S/c1-2-3-11-20(18,19)16-10-6-7-12(16)13(17)15-9-5-4-8-14/h12H,2-11,14H2,1H3,(H,15,17). The molecule has 0 bridgehead atoms. The van der Waals surface area contributed by atoms with Crippen LogP contribution in [-0.4, -0.2) is 50.1 Å². The molecule has 1 rings (SSSR count). The molecule has 1 aliphatic rings. The maximum atomic E-state index is 12.2. The van der Waals surface area contributed by atoms with Crippen molar-refractivity contribution >= 4 is 15.9 Å². The number of carbonyl (C=O) groups excluding carboxylic acids is 1. The number of nitrogens with zero attached hydrogens (tertiary/aromatic N) is 1. The normalized spacial score (nSPS) is 20.2. The Morgan fingerprint density at radius 1 is 1.35 bits per heavy atom. The monoisotopic (exact) mass is 305 g/mol. The fourth-order valence-corrected chi connectivity index (χ4v) is 4.26. The lowest BCUT2D eigenvalue weighted by molar-refractivity contribution is -0.124. The van der Waals surface area contributed by atoms with E-state index >= 15 is 0 Å². The molecule has 7 heteroatoms. The molecule has 1 amide bonds. The van der Waals surface area contributed by atoms with Gasteiger partial charge in [0.05, 0.1) is 5.75 Å². The average molecular weight is 305 g/mol. The maximum Gasteiger partial charge on any atom is 0.238 e. The number of hydrogen-bond donors (Lipinski definition) is 2. The van der Waals surface area contributed by atoms with Crippen molar-refractivity contribution in [2.24, 2.45) is 5.73 Å². The topological polar surface area (TPSA) is 92.5 Å². The van der Waals surface area contributed by atoms with Crippen molar-refractivity contribution in [2.45, 2.75) is 51.5 Å². The fourth-order valence-electron chi connectivity index (χ4n) is 2.38. The molecule has 20 heavy (non-hydrogen) atoms. The SMILES string of the molecule is CCCCS(=O)(=O)N1CCCC1C(=O)NCCCCN. The van der Waals surface area contributed by atoms with Crippen LogP contribution in [-0.2, 0) is 14.8 Å². The summed E-state index contributed by atoms with van der Waals surface area (Å²) in [6, 6.07) is -0.519. The van der Waals surface area contributed by atoms with E-state index in [1.54, 1.807) is 0 Å². The largest absolute Gasteiger partial charge is 0.355 e. The number of nitrogens with two attached hydrogens (primary N) is 1. The number of nitrogens with one attached hydrogen (secondary N) is 1. The highest BCUT2D eigenvalue weighted by Crippen LogP contribution is 2.22. The van der Waals surface area contributed by atoms with Gasteiger partial charge >= 0.3 is 0 Å². The van der Waals surface area contributed by atoms with Crippen LogP contribution in [0.25, 0.3) is 0 Å². The molecule has 1 atom stereocenters. The number of sulfonamides is 1. The van der Waals surface area contributed by atoms with Crippen LogP contribution in [0.4, 0.5) is 0 Å². The van der Waals surface area contributed by atoms with Gasteiger partial charge in [0, 0.05) is 13.1 Å². The smallest absolute Gasteiger partial charge is 0.238 e. The third-order valence-corrected chi connectivity index (χ3v) is 5.51. The first-order chi connectivity index (χ1) is 9.53. The number of amides is 1.